The van der Waals surface area contributed by atoms with Crippen LogP contribution in [0.25, 0.3) is 6.08 Å². The van der Waals surface area contributed by atoms with Gasteiger partial charge in [0.1, 0.15) is 17.3 Å². The zero-order chi connectivity index (χ0) is 29.0. The third-order valence-corrected chi connectivity index (χ3v) is 8.39. The molecule has 3 aromatic rings. The van der Waals surface area contributed by atoms with Gasteiger partial charge in [-0.3, -0.25) is 14.5 Å². The van der Waals surface area contributed by atoms with E-state index in [2.05, 4.69) is 0 Å². The Morgan fingerprint density at radius 3 is 2.38 bits per heavy atom. The summed E-state index contributed by atoms with van der Waals surface area (Å²) in [5.74, 6) is 0.0764. The standard InChI is InChI=1S/C28H25Cl2NO7S2/c1-4-36-24-15-19(14-22(30)26(24)38-40(34,35)21-9-7-20(29)8-10-21)16-25-27(32)31(28(33)39-25)11-12-37-23-13-17(2)5-6-18(23)3/h5-10,13-16H,4,11-12H2,1-3H3/b25-16-. The smallest absolute Gasteiger partial charge is 0.339 e. The second-order valence-corrected chi connectivity index (χ2v) is 12.1. The number of amides is 2. The number of rotatable bonds is 10. The van der Waals surface area contributed by atoms with Crippen LogP contribution in [0.4, 0.5) is 4.79 Å². The Kier molecular flexibility index (Phi) is 9.35. The molecule has 2 amide bonds. The van der Waals surface area contributed by atoms with Crippen LogP contribution in [0.5, 0.6) is 17.2 Å². The molecule has 0 unspecified atom stereocenters. The fourth-order valence-corrected chi connectivity index (χ4v) is 5.98. The van der Waals surface area contributed by atoms with Gasteiger partial charge in [-0.15, -0.1) is 0 Å². The average molecular weight is 623 g/mol. The van der Waals surface area contributed by atoms with Crippen molar-refractivity contribution in [3.63, 3.8) is 0 Å². The minimum Gasteiger partial charge on any atom is -0.491 e. The van der Waals surface area contributed by atoms with Gasteiger partial charge in [-0.25, -0.2) is 0 Å². The molecule has 0 bridgehead atoms. The number of aryl methyl sites for hydroxylation is 2. The fourth-order valence-electron chi connectivity index (χ4n) is 3.73. The van der Waals surface area contributed by atoms with E-state index in [0.29, 0.717) is 16.3 Å². The molecular formula is C28H25Cl2NO7S2. The van der Waals surface area contributed by atoms with Gasteiger partial charge in [0, 0.05) is 5.02 Å². The molecule has 4 rings (SSSR count). The van der Waals surface area contributed by atoms with Gasteiger partial charge in [0.25, 0.3) is 11.1 Å². The van der Waals surface area contributed by atoms with Crippen LogP contribution in [0.15, 0.2) is 64.4 Å². The van der Waals surface area contributed by atoms with E-state index in [4.69, 9.17) is 36.9 Å². The monoisotopic (exact) mass is 621 g/mol. The molecule has 0 atom stereocenters. The summed E-state index contributed by atoms with van der Waals surface area (Å²) in [7, 11) is -4.25. The lowest BCUT2D eigenvalue weighted by atomic mass is 10.1. The van der Waals surface area contributed by atoms with Gasteiger partial charge in [-0.05, 0) is 97.8 Å². The Morgan fingerprint density at radius 2 is 1.68 bits per heavy atom. The highest BCUT2D eigenvalue weighted by Crippen LogP contribution is 2.40. The number of carbonyl (C=O) groups excluding carboxylic acids is 2. The van der Waals surface area contributed by atoms with Crippen LogP contribution in [0.3, 0.4) is 0 Å². The maximum absolute atomic E-state index is 13.0. The quantitative estimate of drug-likeness (QED) is 0.178. The summed E-state index contributed by atoms with van der Waals surface area (Å²) < 4.78 is 42.4. The summed E-state index contributed by atoms with van der Waals surface area (Å²) >= 11 is 13.1. The van der Waals surface area contributed by atoms with Crippen molar-refractivity contribution in [2.45, 2.75) is 25.7 Å². The Hall–Kier alpha value is -3.18. The number of imide groups is 1. The van der Waals surface area contributed by atoms with E-state index in [1.54, 1.807) is 6.92 Å². The summed E-state index contributed by atoms with van der Waals surface area (Å²) in [5, 5.41) is -0.114. The van der Waals surface area contributed by atoms with Crippen LogP contribution in [0.2, 0.25) is 10.0 Å². The second kappa shape index (κ2) is 12.6. The topological polar surface area (TPSA) is 99.2 Å². The van der Waals surface area contributed by atoms with Gasteiger partial charge >= 0.3 is 10.1 Å². The number of benzene rings is 3. The Morgan fingerprint density at radius 1 is 0.950 bits per heavy atom. The average Bonchev–Trinajstić information content (AvgIpc) is 3.16. The number of ether oxygens (including phenoxy) is 2. The Labute approximate surface area is 246 Å². The number of carbonyl (C=O) groups is 2. The highest BCUT2D eigenvalue weighted by molar-refractivity contribution is 8.18. The van der Waals surface area contributed by atoms with Crippen molar-refractivity contribution in [1.82, 2.24) is 4.90 Å². The predicted molar refractivity (Wildman–Crippen MR) is 156 cm³/mol. The van der Waals surface area contributed by atoms with Crippen LogP contribution in [-0.2, 0) is 14.9 Å². The van der Waals surface area contributed by atoms with Crippen LogP contribution < -0.4 is 13.7 Å². The maximum Gasteiger partial charge on any atom is 0.339 e. The number of thioether (sulfide) groups is 1. The van der Waals surface area contributed by atoms with Crippen molar-refractivity contribution >= 4 is 62.3 Å². The van der Waals surface area contributed by atoms with E-state index < -0.39 is 21.3 Å². The van der Waals surface area contributed by atoms with Gasteiger partial charge in [0.05, 0.1) is 23.1 Å². The first-order chi connectivity index (χ1) is 19.0. The lowest BCUT2D eigenvalue weighted by Gasteiger charge is -2.15. The maximum atomic E-state index is 13.0. The first-order valence-electron chi connectivity index (χ1n) is 12.1. The second-order valence-electron chi connectivity index (χ2n) is 8.71. The normalized spacial score (nSPS) is 14.6. The number of hydrogen-bond donors (Lipinski definition) is 0. The van der Waals surface area contributed by atoms with Gasteiger partial charge in [-0.2, -0.15) is 8.42 Å². The lowest BCUT2D eigenvalue weighted by molar-refractivity contribution is -0.123. The van der Waals surface area contributed by atoms with Crippen LogP contribution >= 0.6 is 35.0 Å². The summed E-state index contributed by atoms with van der Waals surface area (Å²) in [6, 6.07) is 14.2. The zero-order valence-electron chi connectivity index (χ0n) is 21.8. The molecule has 40 heavy (non-hydrogen) atoms. The third-order valence-electron chi connectivity index (χ3n) is 5.71. The van der Waals surface area contributed by atoms with E-state index in [0.717, 1.165) is 27.8 Å². The van der Waals surface area contributed by atoms with Gasteiger partial charge < -0.3 is 13.7 Å². The predicted octanol–water partition coefficient (Wildman–Crippen LogP) is 6.89. The molecule has 0 spiro atoms. The van der Waals surface area contributed by atoms with E-state index in [9.17, 15) is 18.0 Å². The summed E-state index contributed by atoms with van der Waals surface area (Å²) in [4.78, 5) is 26.8. The van der Waals surface area contributed by atoms with Gasteiger partial charge in [0.2, 0.25) is 5.75 Å². The highest BCUT2D eigenvalue weighted by atomic mass is 35.5. The summed E-state index contributed by atoms with van der Waals surface area (Å²) in [5.41, 5.74) is 2.41. The van der Waals surface area contributed by atoms with E-state index in [-0.39, 0.29) is 46.1 Å². The number of hydrogen-bond acceptors (Lipinski definition) is 8. The van der Waals surface area contributed by atoms with Crippen molar-refractivity contribution in [3.05, 3.63) is 86.2 Å². The van der Waals surface area contributed by atoms with Crippen molar-refractivity contribution in [2.75, 3.05) is 19.8 Å². The van der Waals surface area contributed by atoms with Crippen molar-refractivity contribution in [3.8, 4) is 17.2 Å². The molecule has 1 fully saturated rings. The Balaban J connectivity index is 1.52. The van der Waals surface area contributed by atoms with Gasteiger partial charge in [0.15, 0.2) is 5.75 Å². The van der Waals surface area contributed by atoms with Crippen molar-refractivity contribution in [1.29, 1.82) is 0 Å². The molecule has 0 aromatic heterocycles. The SMILES string of the molecule is CCOc1cc(/C=C2\SC(=O)N(CCOc3cc(C)ccc3C)C2=O)cc(Cl)c1OS(=O)(=O)c1ccc(Cl)cc1. The zero-order valence-corrected chi connectivity index (χ0v) is 24.9. The summed E-state index contributed by atoms with van der Waals surface area (Å²) in [6.45, 7) is 5.99. The number of halogens is 2. The van der Waals surface area contributed by atoms with E-state index in [1.165, 1.54) is 42.5 Å². The molecule has 210 valence electrons. The molecule has 1 heterocycles. The van der Waals surface area contributed by atoms with E-state index in [1.807, 2.05) is 32.0 Å². The van der Waals surface area contributed by atoms with E-state index >= 15 is 0 Å². The molecule has 0 N–H and O–H groups in total. The molecule has 12 heteroatoms. The van der Waals surface area contributed by atoms with Crippen LogP contribution in [0, 0.1) is 13.8 Å². The minimum atomic E-state index is -4.25. The molecule has 0 radical (unpaired) electrons. The van der Waals surface area contributed by atoms with Crippen molar-refractivity contribution < 1.29 is 31.7 Å². The highest BCUT2D eigenvalue weighted by Gasteiger charge is 2.35. The largest absolute Gasteiger partial charge is 0.491 e. The molecule has 8 nitrogen and oxygen atoms in total. The number of nitrogens with zero attached hydrogens (tertiary/aromatic N) is 1. The molecule has 0 aliphatic carbocycles. The van der Waals surface area contributed by atoms with Crippen LogP contribution in [0.1, 0.15) is 23.6 Å². The molecule has 1 aliphatic heterocycles. The Bertz CT molecular complexity index is 1590. The first kappa shape index (κ1) is 29.8. The first-order valence-corrected chi connectivity index (χ1v) is 15.1. The van der Waals surface area contributed by atoms with Crippen molar-refractivity contribution in [2.24, 2.45) is 0 Å². The molecule has 1 saturated heterocycles. The molecule has 1 aliphatic rings. The van der Waals surface area contributed by atoms with Gasteiger partial charge in [-0.1, -0.05) is 35.3 Å². The molecular weight excluding hydrogens is 597 g/mol. The molecule has 0 saturated carbocycles. The molecule has 3 aromatic carbocycles. The van der Waals surface area contributed by atoms with Crippen LogP contribution in [-0.4, -0.2) is 44.2 Å². The third kappa shape index (κ3) is 6.93. The lowest BCUT2D eigenvalue weighted by Crippen LogP contribution is -2.32. The summed E-state index contributed by atoms with van der Waals surface area (Å²) in [6.07, 6.45) is 1.49. The minimum absolute atomic E-state index is 0.0555. The fraction of sp³-hybridized carbons (Fsp3) is 0.214.